The van der Waals surface area contributed by atoms with Crippen LogP contribution in [0.1, 0.15) is 17.3 Å². The number of alkyl halides is 2. The van der Waals surface area contributed by atoms with E-state index in [1.807, 2.05) is 6.92 Å². The van der Waals surface area contributed by atoms with E-state index in [0.717, 1.165) is 0 Å². The average molecular weight is 353 g/mol. The van der Waals surface area contributed by atoms with E-state index in [1.165, 1.54) is 13.2 Å². The van der Waals surface area contributed by atoms with Crippen LogP contribution in [0.2, 0.25) is 0 Å². The fraction of sp³-hybridized carbons (Fsp3) is 0.235. The van der Waals surface area contributed by atoms with E-state index in [-0.39, 0.29) is 0 Å². The number of carbonyl (C=O) groups is 1. The molecule has 0 unspecified atom stereocenters. The number of amides is 1. The van der Waals surface area contributed by atoms with Gasteiger partial charge in [0.2, 0.25) is 0 Å². The molecule has 0 saturated carbocycles. The van der Waals surface area contributed by atoms with Gasteiger partial charge in [0.1, 0.15) is 0 Å². The zero-order chi connectivity index (χ0) is 17.5. The van der Waals surface area contributed by atoms with Gasteiger partial charge in [0.15, 0.2) is 11.5 Å². The number of thioether (sulfide) groups is 1. The Labute approximate surface area is 143 Å². The SMILES string of the molecule is CCOc1cc(C(=O)Nc2ccccc2SC(F)F)ccc1OC. The smallest absolute Gasteiger partial charge is 0.288 e. The maximum absolute atomic E-state index is 12.6. The fourth-order valence-electron chi connectivity index (χ4n) is 2.05. The number of hydrogen-bond acceptors (Lipinski definition) is 4. The van der Waals surface area contributed by atoms with E-state index in [1.54, 1.807) is 36.4 Å². The molecule has 0 radical (unpaired) electrons. The quantitative estimate of drug-likeness (QED) is 0.736. The number of carbonyl (C=O) groups excluding carboxylic acids is 1. The minimum atomic E-state index is -2.56. The molecular weight excluding hydrogens is 336 g/mol. The Morgan fingerprint density at radius 3 is 2.62 bits per heavy atom. The predicted octanol–water partition coefficient (Wildman–Crippen LogP) is 4.66. The van der Waals surface area contributed by atoms with E-state index in [9.17, 15) is 13.6 Å². The minimum Gasteiger partial charge on any atom is -0.493 e. The van der Waals surface area contributed by atoms with Crippen LogP contribution in [0.5, 0.6) is 11.5 Å². The van der Waals surface area contributed by atoms with Gasteiger partial charge in [-0.3, -0.25) is 4.79 Å². The van der Waals surface area contributed by atoms with Crippen LogP contribution in [0.25, 0.3) is 0 Å². The molecule has 0 aromatic heterocycles. The molecular formula is C17H17F2NO3S. The third-order valence-electron chi connectivity index (χ3n) is 3.08. The molecule has 1 amide bonds. The molecule has 0 atom stereocenters. The minimum absolute atomic E-state index is 0.305. The van der Waals surface area contributed by atoms with Crippen LogP contribution in [0, 0.1) is 0 Å². The zero-order valence-corrected chi connectivity index (χ0v) is 14.0. The summed E-state index contributed by atoms with van der Waals surface area (Å²) in [7, 11) is 1.51. The molecule has 0 aliphatic heterocycles. The normalized spacial score (nSPS) is 10.5. The lowest BCUT2D eigenvalue weighted by atomic mass is 10.2. The van der Waals surface area contributed by atoms with E-state index < -0.39 is 11.7 Å². The van der Waals surface area contributed by atoms with Gasteiger partial charge in [-0.2, -0.15) is 8.78 Å². The fourth-order valence-corrected chi connectivity index (χ4v) is 2.64. The standard InChI is InChI=1S/C17H17F2NO3S/c1-3-23-14-10-11(8-9-13(14)22-2)16(21)20-12-6-4-5-7-15(12)24-17(18)19/h4-10,17H,3H2,1-2H3,(H,20,21). The first-order valence-electron chi connectivity index (χ1n) is 7.21. The Bertz CT molecular complexity index is 710. The molecule has 2 aromatic rings. The zero-order valence-electron chi connectivity index (χ0n) is 13.2. The molecule has 0 spiro atoms. The molecule has 0 heterocycles. The number of para-hydroxylation sites is 1. The highest BCUT2D eigenvalue weighted by molar-refractivity contribution is 7.99. The topological polar surface area (TPSA) is 47.6 Å². The largest absolute Gasteiger partial charge is 0.493 e. The Kier molecular flexibility index (Phi) is 6.43. The van der Waals surface area contributed by atoms with Gasteiger partial charge in [0, 0.05) is 10.5 Å². The first kappa shape index (κ1) is 18.1. The van der Waals surface area contributed by atoms with Gasteiger partial charge in [-0.15, -0.1) is 0 Å². The van der Waals surface area contributed by atoms with Gasteiger partial charge in [-0.05, 0) is 37.3 Å². The third-order valence-corrected chi connectivity index (χ3v) is 3.87. The van der Waals surface area contributed by atoms with Crippen LogP contribution >= 0.6 is 11.8 Å². The maximum atomic E-state index is 12.6. The summed E-state index contributed by atoms with van der Waals surface area (Å²) in [6.45, 7) is 2.25. The van der Waals surface area contributed by atoms with Gasteiger partial charge in [0.05, 0.1) is 19.4 Å². The Morgan fingerprint density at radius 1 is 1.21 bits per heavy atom. The average Bonchev–Trinajstić information content (AvgIpc) is 2.56. The van der Waals surface area contributed by atoms with Crippen LogP contribution in [0.15, 0.2) is 47.4 Å². The number of hydrogen-bond donors (Lipinski definition) is 1. The summed E-state index contributed by atoms with van der Waals surface area (Å²) >= 11 is 0.387. The first-order chi connectivity index (χ1) is 11.5. The molecule has 128 valence electrons. The van der Waals surface area contributed by atoms with Crippen molar-refractivity contribution in [2.45, 2.75) is 17.6 Å². The third kappa shape index (κ3) is 4.61. The molecule has 1 N–H and O–H groups in total. The molecule has 0 aliphatic rings. The number of halogens is 2. The molecule has 0 saturated heterocycles. The maximum Gasteiger partial charge on any atom is 0.288 e. The van der Waals surface area contributed by atoms with Gasteiger partial charge < -0.3 is 14.8 Å². The van der Waals surface area contributed by atoms with Crippen molar-refractivity contribution in [2.24, 2.45) is 0 Å². The lowest BCUT2D eigenvalue weighted by molar-refractivity contribution is 0.102. The Morgan fingerprint density at radius 2 is 1.96 bits per heavy atom. The molecule has 4 nitrogen and oxygen atoms in total. The van der Waals surface area contributed by atoms with Crippen LogP contribution in [0.4, 0.5) is 14.5 Å². The second-order valence-corrected chi connectivity index (χ2v) is 5.66. The Hall–Kier alpha value is -2.28. The van der Waals surface area contributed by atoms with Crippen molar-refractivity contribution in [1.29, 1.82) is 0 Å². The van der Waals surface area contributed by atoms with Crippen LogP contribution < -0.4 is 14.8 Å². The lowest BCUT2D eigenvalue weighted by Crippen LogP contribution is -2.13. The molecule has 2 rings (SSSR count). The van der Waals surface area contributed by atoms with E-state index in [0.29, 0.717) is 46.0 Å². The number of benzene rings is 2. The number of rotatable bonds is 7. The van der Waals surface area contributed by atoms with Gasteiger partial charge in [-0.25, -0.2) is 0 Å². The van der Waals surface area contributed by atoms with Gasteiger partial charge in [0.25, 0.3) is 11.7 Å². The lowest BCUT2D eigenvalue weighted by Gasteiger charge is -2.13. The molecule has 0 bridgehead atoms. The summed E-state index contributed by atoms with van der Waals surface area (Å²) in [5.74, 6) is -2.01. The van der Waals surface area contributed by atoms with Crippen molar-refractivity contribution in [3.8, 4) is 11.5 Å². The number of nitrogens with one attached hydrogen (secondary N) is 1. The monoisotopic (exact) mass is 353 g/mol. The summed E-state index contributed by atoms with van der Waals surface area (Å²) in [5, 5.41) is 2.65. The molecule has 0 aliphatic carbocycles. The Balaban J connectivity index is 2.23. The summed E-state index contributed by atoms with van der Waals surface area (Å²) in [5.41, 5.74) is 0.678. The van der Waals surface area contributed by atoms with E-state index in [2.05, 4.69) is 5.32 Å². The number of ether oxygens (including phenoxy) is 2. The van der Waals surface area contributed by atoms with Crippen molar-refractivity contribution in [3.63, 3.8) is 0 Å². The van der Waals surface area contributed by atoms with E-state index >= 15 is 0 Å². The van der Waals surface area contributed by atoms with Crippen LogP contribution in [0.3, 0.4) is 0 Å². The van der Waals surface area contributed by atoms with Crippen molar-refractivity contribution in [2.75, 3.05) is 19.0 Å². The van der Waals surface area contributed by atoms with Crippen LogP contribution in [-0.2, 0) is 0 Å². The highest BCUT2D eigenvalue weighted by Crippen LogP contribution is 2.32. The van der Waals surface area contributed by atoms with Crippen molar-refractivity contribution in [3.05, 3.63) is 48.0 Å². The number of anilines is 1. The van der Waals surface area contributed by atoms with Crippen molar-refractivity contribution in [1.82, 2.24) is 0 Å². The predicted molar refractivity (Wildman–Crippen MR) is 90.4 cm³/mol. The molecule has 24 heavy (non-hydrogen) atoms. The van der Waals surface area contributed by atoms with Gasteiger partial charge >= 0.3 is 0 Å². The summed E-state index contributed by atoms with van der Waals surface area (Å²) in [6, 6.07) is 11.2. The molecule has 2 aromatic carbocycles. The van der Waals surface area contributed by atoms with E-state index in [4.69, 9.17) is 9.47 Å². The van der Waals surface area contributed by atoms with Crippen molar-refractivity contribution >= 4 is 23.4 Å². The van der Waals surface area contributed by atoms with Crippen molar-refractivity contribution < 1.29 is 23.0 Å². The molecule has 0 fully saturated rings. The van der Waals surface area contributed by atoms with Gasteiger partial charge in [-0.1, -0.05) is 23.9 Å². The second-order valence-electron chi connectivity index (χ2n) is 4.63. The highest BCUT2D eigenvalue weighted by Gasteiger charge is 2.15. The van der Waals surface area contributed by atoms with Crippen LogP contribution in [-0.4, -0.2) is 25.4 Å². The molecule has 7 heteroatoms. The first-order valence-corrected chi connectivity index (χ1v) is 8.09. The second kappa shape index (κ2) is 8.54. The summed E-state index contributed by atoms with van der Waals surface area (Å²) in [4.78, 5) is 12.7. The number of methoxy groups -OCH3 is 1. The summed E-state index contributed by atoms with van der Waals surface area (Å²) < 4.78 is 35.8. The highest BCUT2D eigenvalue weighted by atomic mass is 32.2. The summed E-state index contributed by atoms with van der Waals surface area (Å²) in [6.07, 6.45) is 0.